The fourth-order valence-corrected chi connectivity index (χ4v) is 1.71. The minimum Gasteiger partial charge on any atom is -0.327 e. The normalized spacial score (nSPS) is 27.2. The Hall–Kier alpha value is -0.600. The topological polar surface area (TPSA) is 26.0 Å². The number of hydrogen-bond acceptors (Lipinski definition) is 1. The standard InChI is InChI=1S/C9H9ClFN/c10-6-2-1-3-7(11)9(6)5-4-8(5)12/h1-3,5,8H,4,12H2/t5-,8-/m0/s1. The highest BCUT2D eigenvalue weighted by atomic mass is 35.5. The Labute approximate surface area is 75.3 Å². The summed E-state index contributed by atoms with van der Waals surface area (Å²) in [6.07, 6.45) is 0.848. The molecule has 1 aliphatic carbocycles. The third-order valence-corrected chi connectivity index (χ3v) is 2.54. The second kappa shape index (κ2) is 2.71. The molecule has 2 rings (SSSR count). The zero-order chi connectivity index (χ0) is 8.72. The average Bonchev–Trinajstić information content (AvgIpc) is 2.67. The maximum Gasteiger partial charge on any atom is 0.128 e. The van der Waals surface area contributed by atoms with Crippen molar-refractivity contribution in [2.45, 2.75) is 18.4 Å². The van der Waals surface area contributed by atoms with Crippen LogP contribution in [0.25, 0.3) is 0 Å². The highest BCUT2D eigenvalue weighted by molar-refractivity contribution is 6.31. The molecule has 0 aliphatic heterocycles. The highest BCUT2D eigenvalue weighted by Gasteiger charge is 2.38. The van der Waals surface area contributed by atoms with Crippen LogP contribution in [0.2, 0.25) is 5.02 Å². The fourth-order valence-electron chi connectivity index (χ4n) is 1.41. The first-order chi connectivity index (χ1) is 5.70. The van der Waals surface area contributed by atoms with E-state index in [0.29, 0.717) is 10.6 Å². The summed E-state index contributed by atoms with van der Waals surface area (Å²) in [6.45, 7) is 0. The first-order valence-electron chi connectivity index (χ1n) is 3.89. The largest absolute Gasteiger partial charge is 0.327 e. The van der Waals surface area contributed by atoms with Gasteiger partial charge in [0.1, 0.15) is 5.82 Å². The lowest BCUT2D eigenvalue weighted by atomic mass is 10.1. The van der Waals surface area contributed by atoms with E-state index < -0.39 is 0 Å². The molecule has 0 heterocycles. The van der Waals surface area contributed by atoms with Gasteiger partial charge in [-0.05, 0) is 18.6 Å². The summed E-state index contributed by atoms with van der Waals surface area (Å²) in [6, 6.07) is 4.83. The zero-order valence-corrected chi connectivity index (χ0v) is 7.18. The molecule has 0 amide bonds. The lowest BCUT2D eigenvalue weighted by Crippen LogP contribution is -2.02. The molecule has 1 saturated carbocycles. The second-order valence-electron chi connectivity index (χ2n) is 3.14. The average molecular weight is 186 g/mol. The van der Waals surface area contributed by atoms with Gasteiger partial charge < -0.3 is 5.73 Å². The number of benzene rings is 1. The Balaban J connectivity index is 2.41. The van der Waals surface area contributed by atoms with E-state index in [1.54, 1.807) is 12.1 Å². The molecule has 0 aromatic heterocycles. The Bertz CT molecular complexity index is 293. The van der Waals surface area contributed by atoms with E-state index in [1.807, 2.05) is 0 Å². The van der Waals surface area contributed by atoms with Crippen LogP contribution in [0.5, 0.6) is 0 Å². The molecule has 1 nitrogen and oxygen atoms in total. The summed E-state index contributed by atoms with van der Waals surface area (Å²) in [7, 11) is 0. The van der Waals surface area contributed by atoms with Crippen LogP contribution in [0.15, 0.2) is 18.2 Å². The van der Waals surface area contributed by atoms with Gasteiger partial charge in [-0.15, -0.1) is 0 Å². The van der Waals surface area contributed by atoms with Crippen molar-refractivity contribution in [1.82, 2.24) is 0 Å². The number of nitrogens with two attached hydrogens (primary N) is 1. The molecule has 0 bridgehead atoms. The first kappa shape index (κ1) is 8.02. The SMILES string of the molecule is N[C@H]1C[C@@H]1c1c(F)cccc1Cl. The molecule has 0 saturated heterocycles. The van der Waals surface area contributed by atoms with Crippen LogP contribution in [0.1, 0.15) is 17.9 Å². The molecule has 1 aliphatic rings. The van der Waals surface area contributed by atoms with Crippen molar-refractivity contribution in [3.8, 4) is 0 Å². The molecule has 2 atom stereocenters. The molecule has 3 heteroatoms. The molecule has 1 aromatic rings. The fraction of sp³-hybridized carbons (Fsp3) is 0.333. The van der Waals surface area contributed by atoms with Gasteiger partial charge in [0.05, 0.1) is 0 Å². The Kier molecular flexibility index (Phi) is 1.81. The molecule has 64 valence electrons. The van der Waals surface area contributed by atoms with Gasteiger partial charge in [0, 0.05) is 22.5 Å². The number of rotatable bonds is 1. The van der Waals surface area contributed by atoms with Gasteiger partial charge in [-0.3, -0.25) is 0 Å². The van der Waals surface area contributed by atoms with Crippen molar-refractivity contribution < 1.29 is 4.39 Å². The van der Waals surface area contributed by atoms with Crippen LogP contribution in [-0.2, 0) is 0 Å². The summed E-state index contributed by atoms with van der Waals surface area (Å²) in [5.74, 6) is -0.0980. The van der Waals surface area contributed by atoms with Crippen LogP contribution < -0.4 is 5.73 Å². The van der Waals surface area contributed by atoms with E-state index in [4.69, 9.17) is 17.3 Å². The van der Waals surface area contributed by atoms with Crippen molar-refractivity contribution >= 4 is 11.6 Å². The predicted molar refractivity (Wildman–Crippen MR) is 46.7 cm³/mol. The minimum absolute atomic E-state index is 0.0967. The smallest absolute Gasteiger partial charge is 0.128 e. The molecular formula is C9H9ClFN. The third kappa shape index (κ3) is 1.21. The van der Waals surface area contributed by atoms with Gasteiger partial charge >= 0.3 is 0 Å². The molecule has 1 fully saturated rings. The minimum atomic E-state index is -0.236. The predicted octanol–water partition coefficient (Wildman–Crippen LogP) is 2.29. The summed E-state index contributed by atoms with van der Waals surface area (Å²) >= 11 is 5.83. The summed E-state index contributed by atoms with van der Waals surface area (Å²) < 4.78 is 13.2. The van der Waals surface area contributed by atoms with E-state index in [0.717, 1.165) is 6.42 Å². The van der Waals surface area contributed by atoms with Crippen LogP contribution in [-0.4, -0.2) is 6.04 Å². The summed E-state index contributed by atoms with van der Waals surface area (Å²) in [5, 5.41) is 0.493. The van der Waals surface area contributed by atoms with Crippen molar-refractivity contribution in [1.29, 1.82) is 0 Å². The summed E-state index contributed by atoms with van der Waals surface area (Å²) in [5.41, 5.74) is 6.20. The maximum absolute atomic E-state index is 13.2. The number of hydrogen-bond donors (Lipinski definition) is 1. The lowest BCUT2D eigenvalue weighted by Gasteiger charge is -2.02. The van der Waals surface area contributed by atoms with Crippen LogP contribution in [0.4, 0.5) is 4.39 Å². The quantitative estimate of drug-likeness (QED) is 0.714. The van der Waals surface area contributed by atoms with Gasteiger partial charge in [-0.2, -0.15) is 0 Å². The van der Waals surface area contributed by atoms with Crippen molar-refractivity contribution in [2.24, 2.45) is 5.73 Å². The second-order valence-corrected chi connectivity index (χ2v) is 3.55. The lowest BCUT2D eigenvalue weighted by molar-refractivity contribution is 0.609. The van der Waals surface area contributed by atoms with Crippen molar-refractivity contribution in [2.75, 3.05) is 0 Å². The Morgan fingerprint density at radius 1 is 1.50 bits per heavy atom. The van der Waals surface area contributed by atoms with Gasteiger partial charge in [0.2, 0.25) is 0 Å². The Morgan fingerprint density at radius 3 is 2.67 bits per heavy atom. The van der Waals surface area contributed by atoms with E-state index in [-0.39, 0.29) is 17.8 Å². The third-order valence-electron chi connectivity index (χ3n) is 2.21. The monoisotopic (exact) mass is 185 g/mol. The molecule has 12 heavy (non-hydrogen) atoms. The van der Waals surface area contributed by atoms with Crippen LogP contribution in [0, 0.1) is 5.82 Å². The molecule has 0 spiro atoms. The molecule has 0 unspecified atom stereocenters. The van der Waals surface area contributed by atoms with Crippen LogP contribution in [0.3, 0.4) is 0 Å². The van der Waals surface area contributed by atoms with Crippen LogP contribution >= 0.6 is 11.6 Å². The van der Waals surface area contributed by atoms with E-state index in [9.17, 15) is 4.39 Å². The van der Waals surface area contributed by atoms with Crippen molar-refractivity contribution in [3.05, 3.63) is 34.6 Å². The molecular weight excluding hydrogens is 177 g/mol. The molecule has 2 N–H and O–H groups in total. The van der Waals surface area contributed by atoms with Crippen molar-refractivity contribution in [3.63, 3.8) is 0 Å². The highest BCUT2D eigenvalue weighted by Crippen LogP contribution is 2.43. The van der Waals surface area contributed by atoms with Gasteiger partial charge in [0.25, 0.3) is 0 Å². The van der Waals surface area contributed by atoms with Gasteiger partial charge in [0.15, 0.2) is 0 Å². The molecule has 0 radical (unpaired) electrons. The Morgan fingerprint density at radius 2 is 2.17 bits per heavy atom. The van der Waals surface area contributed by atoms with Gasteiger partial charge in [-0.1, -0.05) is 17.7 Å². The number of halogens is 2. The van der Waals surface area contributed by atoms with Gasteiger partial charge in [-0.25, -0.2) is 4.39 Å². The zero-order valence-electron chi connectivity index (χ0n) is 6.43. The van der Waals surface area contributed by atoms with E-state index in [1.165, 1.54) is 6.07 Å². The first-order valence-corrected chi connectivity index (χ1v) is 4.27. The summed E-state index contributed by atoms with van der Waals surface area (Å²) in [4.78, 5) is 0. The maximum atomic E-state index is 13.2. The molecule has 1 aromatic carbocycles. The van der Waals surface area contributed by atoms with E-state index in [2.05, 4.69) is 0 Å². The van der Waals surface area contributed by atoms with E-state index >= 15 is 0 Å².